The second-order valence-electron chi connectivity index (χ2n) is 9.17. The first-order chi connectivity index (χ1) is 14.4. The van der Waals surface area contributed by atoms with Gasteiger partial charge in [0.25, 0.3) is 0 Å². The van der Waals surface area contributed by atoms with Gasteiger partial charge in [-0.25, -0.2) is 4.39 Å². The standard InChI is InChI=1S/C23H34F4O4.Na.H/c1-4-5-12-22(3,23(25,26)27)18(28)11-10-15-14(2)13-17-20(15)21(24)16(31-17)8-6-7-9-19(29)30;;/h8,10-11,14-15,17-18,20-21,28H,4-7,9,12-13H2,1-3H3,(H,29,30);;/b11-10+,16-8-;;/t14-,15+,17+,18-,20-,21?,22?;;/m1../s1. The molecule has 0 amide bonds. The van der Waals surface area contributed by atoms with Gasteiger partial charge in [-0.2, -0.15) is 13.2 Å². The summed E-state index contributed by atoms with van der Waals surface area (Å²) in [5.41, 5.74) is -2.25. The van der Waals surface area contributed by atoms with Crippen molar-refractivity contribution in [1.29, 1.82) is 0 Å². The van der Waals surface area contributed by atoms with E-state index in [1.54, 1.807) is 19.1 Å². The molecule has 0 spiro atoms. The van der Waals surface area contributed by atoms with Crippen LogP contribution in [-0.2, 0) is 9.53 Å². The van der Waals surface area contributed by atoms with Gasteiger partial charge < -0.3 is 14.9 Å². The number of aliphatic hydroxyl groups is 1. The predicted octanol–water partition coefficient (Wildman–Crippen LogP) is 5.16. The Morgan fingerprint density at radius 3 is 2.53 bits per heavy atom. The Hall–Kier alpha value is -0.570. The van der Waals surface area contributed by atoms with E-state index in [1.807, 2.05) is 6.92 Å². The van der Waals surface area contributed by atoms with Gasteiger partial charge in [-0.15, -0.1) is 0 Å². The molecule has 9 heteroatoms. The number of carboxylic acid groups (broad SMARTS) is 1. The number of carbonyl (C=O) groups is 1. The number of halogens is 4. The molecule has 2 fully saturated rings. The van der Waals surface area contributed by atoms with Gasteiger partial charge in [0, 0.05) is 12.3 Å². The van der Waals surface area contributed by atoms with Crippen LogP contribution in [-0.4, -0.2) is 70.3 Å². The monoisotopic (exact) mass is 474 g/mol. The zero-order chi connectivity index (χ0) is 23.4. The van der Waals surface area contributed by atoms with Crippen LogP contribution in [0.25, 0.3) is 0 Å². The SMILES string of the molecule is CCCCC(C)([C@H](O)/C=C/[C@@H]1[C@H]2C(F)/C(=C/CCCC(=O)O)O[C@H]2C[C@H]1C)C(F)(F)F.[NaH]. The van der Waals surface area contributed by atoms with E-state index in [9.17, 15) is 23.1 Å². The normalized spacial score (nSPS) is 31.8. The summed E-state index contributed by atoms with van der Waals surface area (Å²) in [6, 6.07) is 0. The van der Waals surface area contributed by atoms with Crippen LogP contribution in [0.5, 0.6) is 0 Å². The predicted molar refractivity (Wildman–Crippen MR) is 116 cm³/mol. The molecule has 0 aromatic rings. The van der Waals surface area contributed by atoms with Crippen LogP contribution in [0.15, 0.2) is 24.0 Å². The van der Waals surface area contributed by atoms with Gasteiger partial charge >= 0.3 is 41.7 Å². The molecule has 0 bridgehead atoms. The van der Waals surface area contributed by atoms with Crippen molar-refractivity contribution in [2.24, 2.45) is 23.2 Å². The van der Waals surface area contributed by atoms with Gasteiger partial charge in [0.2, 0.25) is 0 Å². The van der Waals surface area contributed by atoms with Gasteiger partial charge in [-0.1, -0.05) is 38.8 Å². The molecule has 0 radical (unpaired) electrons. The second kappa shape index (κ2) is 12.2. The number of hydrogen-bond donors (Lipinski definition) is 2. The third-order valence-electron chi connectivity index (χ3n) is 6.84. The summed E-state index contributed by atoms with van der Waals surface area (Å²) in [4.78, 5) is 10.6. The van der Waals surface area contributed by atoms with Crippen LogP contribution in [0.2, 0.25) is 0 Å². The van der Waals surface area contributed by atoms with E-state index < -0.39 is 35.8 Å². The molecule has 2 unspecified atom stereocenters. The number of alkyl halides is 4. The summed E-state index contributed by atoms with van der Waals surface area (Å²) >= 11 is 0. The summed E-state index contributed by atoms with van der Waals surface area (Å²) in [5, 5.41) is 19.1. The Kier molecular flexibility index (Phi) is 11.3. The molecule has 1 saturated heterocycles. The summed E-state index contributed by atoms with van der Waals surface area (Å²) in [6.07, 6.45) is -1.61. The molecule has 1 heterocycles. The number of hydrogen-bond acceptors (Lipinski definition) is 3. The summed E-state index contributed by atoms with van der Waals surface area (Å²) in [5.74, 6) is -1.57. The molecule has 1 saturated carbocycles. The van der Waals surface area contributed by atoms with E-state index >= 15 is 4.39 Å². The van der Waals surface area contributed by atoms with E-state index in [0.717, 1.165) is 6.92 Å². The van der Waals surface area contributed by atoms with Crippen molar-refractivity contribution in [3.8, 4) is 0 Å². The van der Waals surface area contributed by atoms with Gasteiger partial charge in [0.15, 0.2) is 6.17 Å². The molecule has 1 aliphatic carbocycles. The van der Waals surface area contributed by atoms with Crippen LogP contribution in [0, 0.1) is 23.2 Å². The Balaban J connectivity index is 0.00000512. The minimum absolute atomic E-state index is 0. The number of carboxylic acids is 1. The van der Waals surface area contributed by atoms with Crippen molar-refractivity contribution >= 4 is 35.5 Å². The van der Waals surface area contributed by atoms with Crippen LogP contribution in [0.4, 0.5) is 17.6 Å². The van der Waals surface area contributed by atoms with E-state index in [-0.39, 0.29) is 66.1 Å². The van der Waals surface area contributed by atoms with E-state index in [4.69, 9.17) is 9.84 Å². The quantitative estimate of drug-likeness (QED) is 0.199. The van der Waals surface area contributed by atoms with Gasteiger partial charge in [-0.3, -0.25) is 4.79 Å². The molecule has 7 atom stereocenters. The van der Waals surface area contributed by atoms with Crippen LogP contribution >= 0.6 is 0 Å². The van der Waals surface area contributed by atoms with Gasteiger partial charge in [0.1, 0.15) is 11.9 Å². The maximum absolute atomic E-state index is 15.1. The summed E-state index contributed by atoms with van der Waals surface area (Å²) in [7, 11) is 0. The number of ether oxygens (including phenoxy) is 1. The molecular weight excluding hydrogens is 439 g/mol. The number of fused-ring (bicyclic) bond motifs is 1. The van der Waals surface area contributed by atoms with E-state index in [2.05, 4.69) is 0 Å². The number of allylic oxidation sites excluding steroid dienone is 3. The minimum atomic E-state index is -4.55. The zero-order valence-corrected chi connectivity index (χ0v) is 18.4. The van der Waals surface area contributed by atoms with E-state index in [1.165, 1.54) is 6.08 Å². The molecule has 32 heavy (non-hydrogen) atoms. The number of aliphatic carboxylic acids is 1. The van der Waals surface area contributed by atoms with Crippen molar-refractivity contribution in [1.82, 2.24) is 0 Å². The van der Waals surface area contributed by atoms with Crippen molar-refractivity contribution < 1.29 is 37.3 Å². The molecule has 180 valence electrons. The molecule has 2 N–H and O–H groups in total. The topological polar surface area (TPSA) is 66.8 Å². The third kappa shape index (κ3) is 6.73. The maximum atomic E-state index is 15.1. The van der Waals surface area contributed by atoms with Crippen LogP contribution in [0.1, 0.15) is 65.7 Å². The Morgan fingerprint density at radius 1 is 1.31 bits per heavy atom. The van der Waals surface area contributed by atoms with Crippen molar-refractivity contribution in [2.45, 2.75) is 90.3 Å². The molecule has 0 aromatic carbocycles. The molecule has 4 nitrogen and oxygen atoms in total. The molecule has 1 aliphatic heterocycles. The van der Waals surface area contributed by atoms with E-state index in [0.29, 0.717) is 32.1 Å². The Bertz CT molecular complexity index is 681. The molecule has 0 aromatic heterocycles. The first-order valence-electron chi connectivity index (χ1n) is 11.1. The average molecular weight is 475 g/mol. The third-order valence-corrected chi connectivity index (χ3v) is 6.84. The molecular formula is C23H35F4NaO4. The second-order valence-corrected chi connectivity index (χ2v) is 9.17. The summed E-state index contributed by atoms with van der Waals surface area (Å²) in [6.45, 7) is 4.74. The fourth-order valence-electron chi connectivity index (χ4n) is 4.67. The number of unbranched alkanes of at least 4 members (excludes halogenated alkanes) is 2. The van der Waals surface area contributed by atoms with Crippen molar-refractivity contribution in [3.05, 3.63) is 24.0 Å². The fourth-order valence-corrected chi connectivity index (χ4v) is 4.67. The Labute approximate surface area is 209 Å². The first-order valence-corrected chi connectivity index (χ1v) is 11.1. The van der Waals surface area contributed by atoms with Gasteiger partial charge in [0.05, 0.1) is 11.5 Å². The Morgan fingerprint density at radius 2 is 1.97 bits per heavy atom. The van der Waals surface area contributed by atoms with Gasteiger partial charge in [-0.05, 0) is 50.5 Å². The molecule has 2 aliphatic rings. The van der Waals surface area contributed by atoms with Crippen molar-refractivity contribution in [2.75, 3.05) is 0 Å². The number of aliphatic hydroxyl groups excluding tert-OH is 1. The fraction of sp³-hybridized carbons (Fsp3) is 0.783. The van der Waals surface area contributed by atoms with Crippen LogP contribution < -0.4 is 0 Å². The average Bonchev–Trinajstić information content (AvgIpc) is 3.14. The first kappa shape index (κ1) is 29.5. The van der Waals surface area contributed by atoms with Crippen molar-refractivity contribution in [3.63, 3.8) is 0 Å². The van der Waals surface area contributed by atoms with Crippen LogP contribution in [0.3, 0.4) is 0 Å². The summed E-state index contributed by atoms with van der Waals surface area (Å²) < 4.78 is 61.8. The molecule has 2 rings (SSSR count). The number of rotatable bonds is 10. The zero-order valence-electron chi connectivity index (χ0n) is 18.4.